The highest BCUT2D eigenvalue weighted by Gasteiger charge is 2.18. The highest BCUT2D eigenvalue weighted by molar-refractivity contribution is 6.04. The average molecular weight is 390 g/mol. The minimum atomic E-state index is -0.296. The van der Waals surface area contributed by atoms with Gasteiger partial charge in [0.1, 0.15) is 17.2 Å². The molecule has 0 radical (unpaired) electrons. The summed E-state index contributed by atoms with van der Waals surface area (Å²) in [5.74, 6) is 0.978. The SMILES string of the molecule is COc1ccc(/C=C/C(=O)N(Cc2ccccn2)c2ccccc2O)c(OC)c1. The van der Waals surface area contributed by atoms with E-state index in [0.29, 0.717) is 22.9 Å². The number of hydrogen-bond donors (Lipinski definition) is 1. The van der Waals surface area contributed by atoms with Gasteiger partial charge in [-0.1, -0.05) is 18.2 Å². The predicted octanol–water partition coefficient (Wildman–Crippen LogP) is 4.05. The highest BCUT2D eigenvalue weighted by atomic mass is 16.5. The Morgan fingerprint density at radius 3 is 2.55 bits per heavy atom. The summed E-state index contributed by atoms with van der Waals surface area (Å²) in [6.07, 6.45) is 4.78. The number of methoxy groups -OCH3 is 2. The zero-order valence-electron chi connectivity index (χ0n) is 16.3. The highest BCUT2D eigenvalue weighted by Crippen LogP contribution is 2.29. The quantitative estimate of drug-likeness (QED) is 0.616. The summed E-state index contributed by atoms with van der Waals surface area (Å²) in [4.78, 5) is 18.8. The van der Waals surface area contributed by atoms with Gasteiger partial charge in [-0.15, -0.1) is 0 Å². The second-order valence-electron chi connectivity index (χ2n) is 6.18. The molecule has 0 spiro atoms. The fraction of sp³-hybridized carbons (Fsp3) is 0.130. The Morgan fingerprint density at radius 2 is 1.86 bits per heavy atom. The minimum absolute atomic E-state index is 0.0206. The van der Waals surface area contributed by atoms with E-state index in [-0.39, 0.29) is 18.2 Å². The summed E-state index contributed by atoms with van der Waals surface area (Å²) in [6.45, 7) is 0.224. The van der Waals surface area contributed by atoms with Crippen LogP contribution in [-0.4, -0.2) is 30.2 Å². The third kappa shape index (κ3) is 4.93. The number of para-hydroxylation sites is 2. The summed E-state index contributed by atoms with van der Waals surface area (Å²) in [6, 6.07) is 17.6. The number of carbonyl (C=O) groups excluding carboxylic acids is 1. The molecule has 29 heavy (non-hydrogen) atoms. The molecule has 0 bridgehead atoms. The maximum Gasteiger partial charge on any atom is 0.251 e. The van der Waals surface area contributed by atoms with Crippen molar-refractivity contribution in [1.29, 1.82) is 0 Å². The molecule has 0 aliphatic heterocycles. The van der Waals surface area contributed by atoms with Crippen LogP contribution in [0.3, 0.4) is 0 Å². The second kappa shape index (κ2) is 9.41. The number of anilines is 1. The average Bonchev–Trinajstić information content (AvgIpc) is 2.77. The third-order valence-corrected chi connectivity index (χ3v) is 4.33. The zero-order valence-corrected chi connectivity index (χ0v) is 16.3. The molecule has 3 aromatic rings. The molecule has 1 N–H and O–H groups in total. The number of amides is 1. The van der Waals surface area contributed by atoms with E-state index in [2.05, 4.69) is 4.98 Å². The first-order valence-corrected chi connectivity index (χ1v) is 9.02. The van der Waals surface area contributed by atoms with Gasteiger partial charge in [0.05, 0.1) is 32.1 Å². The van der Waals surface area contributed by atoms with E-state index in [1.165, 1.54) is 11.0 Å². The lowest BCUT2D eigenvalue weighted by Gasteiger charge is -2.22. The molecule has 0 atom stereocenters. The van der Waals surface area contributed by atoms with Crippen LogP contribution in [0.25, 0.3) is 6.08 Å². The minimum Gasteiger partial charge on any atom is -0.506 e. The number of pyridine rings is 1. The molecule has 6 heteroatoms. The molecular weight excluding hydrogens is 368 g/mol. The Labute approximate surface area is 169 Å². The molecule has 0 fully saturated rings. The number of ether oxygens (including phenoxy) is 2. The molecule has 3 rings (SSSR count). The number of aromatic nitrogens is 1. The Kier molecular flexibility index (Phi) is 6.47. The Hall–Kier alpha value is -3.80. The molecule has 0 saturated carbocycles. The van der Waals surface area contributed by atoms with E-state index >= 15 is 0 Å². The number of rotatable bonds is 7. The zero-order chi connectivity index (χ0) is 20.6. The van der Waals surface area contributed by atoms with E-state index in [4.69, 9.17) is 9.47 Å². The Bertz CT molecular complexity index is 1000. The van der Waals surface area contributed by atoms with Crippen LogP contribution in [-0.2, 0) is 11.3 Å². The first-order chi connectivity index (χ1) is 14.1. The van der Waals surface area contributed by atoms with Gasteiger partial charge in [-0.05, 0) is 42.5 Å². The molecule has 148 valence electrons. The maximum atomic E-state index is 13.0. The van der Waals surface area contributed by atoms with Crippen molar-refractivity contribution < 1.29 is 19.4 Å². The van der Waals surface area contributed by atoms with Gasteiger partial charge in [0, 0.05) is 23.9 Å². The van der Waals surface area contributed by atoms with Crippen molar-refractivity contribution in [3.8, 4) is 17.2 Å². The summed E-state index contributed by atoms with van der Waals surface area (Å²) >= 11 is 0. The molecule has 1 aromatic heterocycles. The number of phenols is 1. The lowest BCUT2D eigenvalue weighted by molar-refractivity contribution is -0.114. The number of benzene rings is 2. The van der Waals surface area contributed by atoms with E-state index < -0.39 is 0 Å². The van der Waals surface area contributed by atoms with Gasteiger partial charge in [-0.25, -0.2) is 0 Å². The van der Waals surface area contributed by atoms with Gasteiger partial charge >= 0.3 is 0 Å². The van der Waals surface area contributed by atoms with E-state index in [0.717, 1.165) is 5.56 Å². The predicted molar refractivity (Wildman–Crippen MR) is 112 cm³/mol. The summed E-state index contributed by atoms with van der Waals surface area (Å²) in [7, 11) is 3.14. The summed E-state index contributed by atoms with van der Waals surface area (Å²) in [5.41, 5.74) is 1.85. The van der Waals surface area contributed by atoms with Crippen molar-refractivity contribution in [2.75, 3.05) is 19.1 Å². The van der Waals surface area contributed by atoms with Crippen molar-refractivity contribution in [1.82, 2.24) is 4.98 Å². The van der Waals surface area contributed by atoms with Crippen molar-refractivity contribution in [2.24, 2.45) is 0 Å². The fourth-order valence-corrected chi connectivity index (χ4v) is 2.84. The van der Waals surface area contributed by atoms with Crippen molar-refractivity contribution in [3.63, 3.8) is 0 Å². The summed E-state index contributed by atoms with van der Waals surface area (Å²) < 4.78 is 10.6. The third-order valence-electron chi connectivity index (χ3n) is 4.33. The fourth-order valence-electron chi connectivity index (χ4n) is 2.84. The molecule has 0 aliphatic rings. The molecule has 6 nitrogen and oxygen atoms in total. The topological polar surface area (TPSA) is 71.9 Å². The molecule has 2 aromatic carbocycles. The first-order valence-electron chi connectivity index (χ1n) is 9.02. The van der Waals surface area contributed by atoms with Crippen LogP contribution in [0.4, 0.5) is 5.69 Å². The molecule has 0 unspecified atom stereocenters. The normalized spacial score (nSPS) is 10.7. The largest absolute Gasteiger partial charge is 0.506 e. The van der Waals surface area contributed by atoms with Crippen LogP contribution in [0.2, 0.25) is 0 Å². The van der Waals surface area contributed by atoms with Crippen molar-refractivity contribution in [3.05, 3.63) is 84.2 Å². The molecule has 0 aliphatic carbocycles. The summed E-state index contributed by atoms with van der Waals surface area (Å²) in [5, 5.41) is 10.3. The molecular formula is C23H22N2O4. The number of aromatic hydroxyl groups is 1. The Morgan fingerprint density at radius 1 is 1.07 bits per heavy atom. The van der Waals surface area contributed by atoms with Gasteiger partial charge in [0.2, 0.25) is 0 Å². The van der Waals surface area contributed by atoms with Crippen LogP contribution in [0.1, 0.15) is 11.3 Å². The van der Waals surface area contributed by atoms with Gasteiger partial charge in [-0.2, -0.15) is 0 Å². The smallest absolute Gasteiger partial charge is 0.251 e. The number of nitrogens with zero attached hydrogens (tertiary/aromatic N) is 2. The van der Waals surface area contributed by atoms with E-state index in [9.17, 15) is 9.90 Å². The van der Waals surface area contributed by atoms with Crippen molar-refractivity contribution in [2.45, 2.75) is 6.54 Å². The lowest BCUT2D eigenvalue weighted by Crippen LogP contribution is -2.29. The first kappa shape index (κ1) is 19.9. The Balaban J connectivity index is 1.91. The number of hydrogen-bond acceptors (Lipinski definition) is 5. The molecule has 1 heterocycles. The molecule has 1 amide bonds. The lowest BCUT2D eigenvalue weighted by atomic mass is 10.1. The van der Waals surface area contributed by atoms with Crippen LogP contribution >= 0.6 is 0 Å². The van der Waals surface area contributed by atoms with Crippen LogP contribution in [0.15, 0.2) is 72.9 Å². The number of phenolic OH excluding ortho intramolecular Hbond substituents is 1. The van der Waals surface area contributed by atoms with Gasteiger partial charge < -0.3 is 14.6 Å². The van der Waals surface area contributed by atoms with Gasteiger partial charge in [-0.3, -0.25) is 14.7 Å². The maximum absolute atomic E-state index is 13.0. The standard InChI is InChI=1S/C23H22N2O4/c1-28-19-12-10-17(22(15-19)29-2)11-13-23(27)25(16-18-7-5-6-14-24-18)20-8-3-4-9-21(20)26/h3-15,26H,16H2,1-2H3/b13-11+. The molecule has 0 saturated heterocycles. The van der Waals surface area contributed by atoms with E-state index in [1.54, 1.807) is 62.9 Å². The van der Waals surface area contributed by atoms with Crippen LogP contribution in [0.5, 0.6) is 17.2 Å². The second-order valence-corrected chi connectivity index (χ2v) is 6.18. The van der Waals surface area contributed by atoms with Gasteiger partial charge in [0.15, 0.2) is 0 Å². The number of carbonyl (C=O) groups is 1. The van der Waals surface area contributed by atoms with Crippen molar-refractivity contribution >= 4 is 17.7 Å². The van der Waals surface area contributed by atoms with Crippen LogP contribution in [0, 0.1) is 0 Å². The van der Waals surface area contributed by atoms with Crippen LogP contribution < -0.4 is 14.4 Å². The van der Waals surface area contributed by atoms with Gasteiger partial charge in [0.25, 0.3) is 5.91 Å². The van der Waals surface area contributed by atoms with E-state index in [1.807, 2.05) is 24.3 Å². The monoisotopic (exact) mass is 390 g/mol.